The Bertz CT molecular complexity index is 472. The molecule has 0 radical (unpaired) electrons. The summed E-state index contributed by atoms with van der Waals surface area (Å²) >= 11 is 1.91. The van der Waals surface area contributed by atoms with Gasteiger partial charge in [0.05, 0.1) is 0 Å². The highest BCUT2D eigenvalue weighted by Crippen LogP contribution is 2.41. The van der Waals surface area contributed by atoms with Gasteiger partial charge in [0.2, 0.25) is 0 Å². The van der Waals surface area contributed by atoms with Crippen molar-refractivity contribution in [3.63, 3.8) is 0 Å². The molecule has 1 N–H and O–H groups in total. The summed E-state index contributed by atoms with van der Waals surface area (Å²) in [7, 11) is 0. The summed E-state index contributed by atoms with van der Waals surface area (Å²) in [5.74, 6) is 1.24. The first-order valence-corrected chi connectivity index (χ1v) is 8.81. The van der Waals surface area contributed by atoms with E-state index in [1.54, 1.807) is 0 Å². The zero-order valence-corrected chi connectivity index (χ0v) is 13.1. The molecule has 0 atom stereocenters. The molecule has 2 nitrogen and oxygen atoms in total. The zero-order valence-electron chi connectivity index (χ0n) is 12.3. The van der Waals surface area contributed by atoms with E-state index >= 15 is 0 Å². The molecule has 1 aromatic rings. The molecule has 0 bridgehead atoms. The molecule has 0 aromatic heterocycles. The number of hydrogen-bond donors (Lipinski definition) is 1. The number of aryl methyl sites for hydroxylation is 1. The molecule has 0 amide bonds. The lowest BCUT2D eigenvalue weighted by molar-refractivity contribution is 0.232. The van der Waals surface area contributed by atoms with Crippen LogP contribution in [0.3, 0.4) is 0 Å². The third kappa shape index (κ3) is 3.20. The summed E-state index contributed by atoms with van der Waals surface area (Å²) in [5.41, 5.74) is 3.06. The van der Waals surface area contributed by atoms with Gasteiger partial charge in [-0.15, -0.1) is 0 Å². The fourth-order valence-electron chi connectivity index (χ4n) is 3.18. The molecule has 0 unspecified atom stereocenters. The van der Waals surface area contributed by atoms with Gasteiger partial charge >= 0.3 is 0 Å². The van der Waals surface area contributed by atoms with Crippen molar-refractivity contribution in [1.82, 2.24) is 0 Å². The number of hydrogen-bond acceptors (Lipinski definition) is 3. The number of anilines is 1. The van der Waals surface area contributed by atoms with E-state index in [1.165, 1.54) is 43.4 Å². The van der Waals surface area contributed by atoms with Crippen LogP contribution in [-0.4, -0.2) is 17.5 Å². The van der Waals surface area contributed by atoms with Gasteiger partial charge < -0.3 is 5.32 Å². The van der Waals surface area contributed by atoms with Gasteiger partial charge in [0.1, 0.15) is 0 Å². The summed E-state index contributed by atoms with van der Waals surface area (Å²) < 4.78 is 0. The van der Waals surface area contributed by atoms with Crippen LogP contribution in [0.2, 0.25) is 0 Å². The lowest BCUT2D eigenvalue weighted by Gasteiger charge is -2.38. The Morgan fingerprint density at radius 1 is 1.15 bits per heavy atom. The van der Waals surface area contributed by atoms with Crippen molar-refractivity contribution >= 4 is 22.6 Å². The maximum absolute atomic E-state index is 4.81. The van der Waals surface area contributed by atoms with Crippen LogP contribution in [0.4, 0.5) is 5.69 Å². The van der Waals surface area contributed by atoms with E-state index < -0.39 is 0 Å². The highest BCUT2D eigenvalue weighted by molar-refractivity contribution is 8.14. The average Bonchev–Trinajstić information content (AvgIpc) is 2.52. The first-order valence-electron chi connectivity index (χ1n) is 7.83. The van der Waals surface area contributed by atoms with E-state index in [1.807, 2.05) is 11.8 Å². The number of rotatable bonds is 2. The predicted octanol–water partition coefficient (Wildman–Crippen LogP) is 4.71. The molecular formula is C17H24N2S. The molecule has 0 saturated heterocycles. The Balaban J connectivity index is 1.61. The first kappa shape index (κ1) is 14.0. The predicted molar refractivity (Wildman–Crippen MR) is 89.7 cm³/mol. The standard InChI is InChI=1S/C17H24N2S/c1-2-14-6-8-15(9-7-14)19-16-18-12-17(13-20-16)10-4-3-5-11-17/h6-9H,2-5,10-13H2,1H3,(H,18,19). The maximum atomic E-state index is 4.81. The minimum atomic E-state index is 0.514. The van der Waals surface area contributed by atoms with Gasteiger partial charge in [0, 0.05) is 18.0 Å². The summed E-state index contributed by atoms with van der Waals surface area (Å²) in [6, 6.07) is 8.71. The Hall–Kier alpha value is -0.960. The minimum absolute atomic E-state index is 0.514. The van der Waals surface area contributed by atoms with E-state index in [2.05, 4.69) is 36.5 Å². The molecule has 1 aromatic carbocycles. The highest BCUT2D eigenvalue weighted by Gasteiger charge is 2.34. The van der Waals surface area contributed by atoms with Crippen LogP contribution in [-0.2, 0) is 6.42 Å². The molecule has 3 rings (SSSR count). The number of benzene rings is 1. The highest BCUT2D eigenvalue weighted by atomic mass is 32.2. The van der Waals surface area contributed by atoms with Crippen molar-refractivity contribution < 1.29 is 0 Å². The van der Waals surface area contributed by atoms with Crippen molar-refractivity contribution in [1.29, 1.82) is 0 Å². The molecule has 1 saturated carbocycles. The van der Waals surface area contributed by atoms with Gasteiger partial charge in [-0.2, -0.15) is 0 Å². The average molecular weight is 288 g/mol. The van der Waals surface area contributed by atoms with Gasteiger partial charge in [-0.05, 0) is 42.4 Å². The van der Waals surface area contributed by atoms with E-state index in [0.29, 0.717) is 5.41 Å². The SMILES string of the molecule is CCc1ccc(NC2=NCC3(CCCCC3)CS2)cc1. The van der Waals surface area contributed by atoms with Crippen LogP contribution in [0.25, 0.3) is 0 Å². The number of thioether (sulfide) groups is 1. The third-order valence-corrected chi connectivity index (χ3v) is 5.86. The molecule has 1 spiro atoms. The zero-order chi connectivity index (χ0) is 13.8. The molecule has 20 heavy (non-hydrogen) atoms. The van der Waals surface area contributed by atoms with Crippen molar-refractivity contribution in [2.75, 3.05) is 17.6 Å². The third-order valence-electron chi connectivity index (χ3n) is 4.60. The van der Waals surface area contributed by atoms with Crippen LogP contribution in [0.5, 0.6) is 0 Å². The summed E-state index contributed by atoms with van der Waals surface area (Å²) in [4.78, 5) is 4.81. The Morgan fingerprint density at radius 2 is 1.90 bits per heavy atom. The van der Waals surface area contributed by atoms with Gasteiger partial charge in [0.25, 0.3) is 0 Å². The van der Waals surface area contributed by atoms with Crippen LogP contribution < -0.4 is 5.32 Å². The van der Waals surface area contributed by atoms with E-state index in [4.69, 9.17) is 4.99 Å². The Morgan fingerprint density at radius 3 is 2.50 bits per heavy atom. The topological polar surface area (TPSA) is 24.4 Å². The van der Waals surface area contributed by atoms with Crippen LogP contribution in [0, 0.1) is 5.41 Å². The largest absolute Gasteiger partial charge is 0.335 e. The molecule has 3 heteroatoms. The number of nitrogens with zero attached hydrogens (tertiary/aromatic N) is 1. The van der Waals surface area contributed by atoms with Crippen molar-refractivity contribution in [3.05, 3.63) is 29.8 Å². The maximum Gasteiger partial charge on any atom is 0.161 e. The monoisotopic (exact) mass is 288 g/mol. The molecule has 1 heterocycles. The molecule has 1 aliphatic heterocycles. The van der Waals surface area contributed by atoms with Crippen LogP contribution in [0.15, 0.2) is 29.3 Å². The van der Waals surface area contributed by atoms with Gasteiger partial charge in [-0.1, -0.05) is 50.1 Å². The van der Waals surface area contributed by atoms with Crippen LogP contribution >= 0.6 is 11.8 Å². The van der Waals surface area contributed by atoms with Crippen molar-refractivity contribution in [2.24, 2.45) is 10.4 Å². The second kappa shape index (κ2) is 6.21. The number of nitrogens with one attached hydrogen (secondary N) is 1. The Kier molecular flexibility index (Phi) is 4.35. The van der Waals surface area contributed by atoms with Gasteiger partial charge in [0.15, 0.2) is 5.17 Å². The normalized spacial score (nSPS) is 21.6. The van der Waals surface area contributed by atoms with Crippen molar-refractivity contribution in [3.8, 4) is 0 Å². The lowest BCUT2D eigenvalue weighted by atomic mass is 9.75. The fraction of sp³-hybridized carbons (Fsp3) is 0.588. The van der Waals surface area contributed by atoms with Gasteiger partial charge in [-0.25, -0.2) is 0 Å². The van der Waals surface area contributed by atoms with E-state index in [9.17, 15) is 0 Å². The summed E-state index contributed by atoms with van der Waals surface area (Å²) in [6.07, 6.45) is 8.07. The van der Waals surface area contributed by atoms with Crippen LogP contribution in [0.1, 0.15) is 44.6 Å². The summed E-state index contributed by atoms with van der Waals surface area (Å²) in [5, 5.41) is 4.57. The summed E-state index contributed by atoms with van der Waals surface area (Å²) in [6.45, 7) is 3.21. The molecule has 1 aliphatic carbocycles. The van der Waals surface area contributed by atoms with E-state index in [0.717, 1.165) is 23.8 Å². The minimum Gasteiger partial charge on any atom is -0.335 e. The van der Waals surface area contributed by atoms with Gasteiger partial charge in [-0.3, -0.25) is 4.99 Å². The lowest BCUT2D eigenvalue weighted by Crippen LogP contribution is -2.35. The second-order valence-corrected chi connectivity index (χ2v) is 7.11. The second-order valence-electron chi connectivity index (χ2n) is 6.15. The molecule has 108 valence electrons. The molecule has 1 fully saturated rings. The smallest absolute Gasteiger partial charge is 0.161 e. The quantitative estimate of drug-likeness (QED) is 0.852. The number of aliphatic imine (C=N–C) groups is 1. The molecular weight excluding hydrogens is 264 g/mol. The molecule has 2 aliphatic rings. The van der Waals surface area contributed by atoms with Crippen molar-refractivity contribution in [2.45, 2.75) is 45.4 Å². The Labute approximate surface area is 126 Å². The first-order chi connectivity index (χ1) is 9.80. The fourth-order valence-corrected chi connectivity index (χ4v) is 4.35. The van der Waals surface area contributed by atoms with E-state index in [-0.39, 0.29) is 0 Å². The number of amidine groups is 1.